The fraction of sp³-hybridized carbons (Fsp3) is 0. The molecule has 3 heteroatoms. The molecule has 14 heavy (non-hydrogen) atoms. The first-order valence-corrected chi connectivity index (χ1v) is 4.41. The standard InChI is InChI=1S/C11H8N2O/c1-2-4-10-9(3-1)12-11-5-7-14-8-6-13(10)11/h1-8H. The first-order chi connectivity index (χ1) is 6.95. The van der Waals surface area contributed by atoms with Crippen molar-refractivity contribution in [3.8, 4) is 0 Å². The van der Waals surface area contributed by atoms with Crippen molar-refractivity contribution >= 4 is 23.3 Å². The minimum Gasteiger partial charge on any atom is -0.471 e. The summed E-state index contributed by atoms with van der Waals surface area (Å²) in [6.45, 7) is 0. The van der Waals surface area contributed by atoms with E-state index in [0.29, 0.717) is 0 Å². The first kappa shape index (κ1) is 7.38. The monoisotopic (exact) mass is 184 g/mol. The molecule has 68 valence electrons. The maximum Gasteiger partial charge on any atom is 0.141 e. The molecule has 1 aromatic carbocycles. The van der Waals surface area contributed by atoms with Gasteiger partial charge in [0.1, 0.15) is 12.1 Å². The van der Waals surface area contributed by atoms with Gasteiger partial charge in [0.25, 0.3) is 0 Å². The molecular weight excluding hydrogens is 176 g/mol. The van der Waals surface area contributed by atoms with Crippen molar-refractivity contribution in [1.82, 2.24) is 9.55 Å². The molecule has 3 nitrogen and oxygen atoms in total. The molecule has 0 fully saturated rings. The average Bonchev–Trinajstić information content (AvgIpc) is 2.42. The molecule has 0 saturated heterocycles. The van der Waals surface area contributed by atoms with E-state index in [0.717, 1.165) is 16.9 Å². The Kier molecular flexibility index (Phi) is 1.44. The second-order valence-electron chi connectivity index (χ2n) is 3.05. The zero-order valence-electron chi connectivity index (χ0n) is 7.42. The molecule has 0 N–H and O–H groups in total. The summed E-state index contributed by atoms with van der Waals surface area (Å²) >= 11 is 0. The van der Waals surface area contributed by atoms with E-state index in [1.165, 1.54) is 0 Å². The van der Waals surface area contributed by atoms with Crippen LogP contribution in [0.2, 0.25) is 0 Å². The Morgan fingerprint density at radius 1 is 1.14 bits per heavy atom. The molecule has 1 aromatic heterocycles. The minimum atomic E-state index is 0.889. The van der Waals surface area contributed by atoms with Gasteiger partial charge in [0, 0.05) is 12.3 Å². The zero-order valence-corrected chi connectivity index (χ0v) is 7.42. The summed E-state index contributed by atoms with van der Waals surface area (Å²) in [5.74, 6) is 0.889. The van der Waals surface area contributed by atoms with Crippen LogP contribution in [0.3, 0.4) is 0 Å². The van der Waals surface area contributed by atoms with E-state index in [1.54, 1.807) is 12.5 Å². The van der Waals surface area contributed by atoms with Crippen molar-refractivity contribution in [2.24, 2.45) is 0 Å². The maximum absolute atomic E-state index is 5.06. The van der Waals surface area contributed by atoms with Gasteiger partial charge in [0.2, 0.25) is 0 Å². The summed E-state index contributed by atoms with van der Waals surface area (Å²) in [5, 5.41) is 0. The number of imidazole rings is 1. The van der Waals surface area contributed by atoms with Gasteiger partial charge in [-0.05, 0) is 12.1 Å². The molecule has 0 spiro atoms. The van der Waals surface area contributed by atoms with E-state index in [-0.39, 0.29) is 0 Å². The molecule has 0 radical (unpaired) electrons. The van der Waals surface area contributed by atoms with Crippen molar-refractivity contribution in [3.63, 3.8) is 0 Å². The Morgan fingerprint density at radius 2 is 2.07 bits per heavy atom. The summed E-state index contributed by atoms with van der Waals surface area (Å²) in [6, 6.07) is 8.02. The van der Waals surface area contributed by atoms with Gasteiger partial charge >= 0.3 is 0 Å². The Labute approximate surface area is 80.9 Å². The third-order valence-electron chi connectivity index (χ3n) is 2.21. The Balaban J connectivity index is 2.41. The van der Waals surface area contributed by atoms with E-state index in [2.05, 4.69) is 4.98 Å². The quantitative estimate of drug-likeness (QED) is 0.628. The predicted molar refractivity (Wildman–Crippen MR) is 55.2 cm³/mol. The lowest BCUT2D eigenvalue weighted by Crippen LogP contribution is -1.87. The molecule has 0 amide bonds. The first-order valence-electron chi connectivity index (χ1n) is 4.41. The summed E-state index contributed by atoms with van der Waals surface area (Å²) < 4.78 is 7.06. The van der Waals surface area contributed by atoms with Crippen molar-refractivity contribution < 1.29 is 4.74 Å². The minimum absolute atomic E-state index is 0.889. The van der Waals surface area contributed by atoms with Crippen LogP contribution in [0.15, 0.2) is 36.8 Å². The zero-order chi connectivity index (χ0) is 9.38. The van der Waals surface area contributed by atoms with Crippen molar-refractivity contribution in [1.29, 1.82) is 0 Å². The van der Waals surface area contributed by atoms with Crippen LogP contribution >= 0.6 is 0 Å². The van der Waals surface area contributed by atoms with E-state index >= 15 is 0 Å². The van der Waals surface area contributed by atoms with E-state index in [9.17, 15) is 0 Å². The van der Waals surface area contributed by atoms with Crippen LogP contribution in [0, 0.1) is 0 Å². The van der Waals surface area contributed by atoms with Crippen molar-refractivity contribution in [2.75, 3.05) is 0 Å². The summed E-state index contributed by atoms with van der Waals surface area (Å²) in [6.07, 6.45) is 6.98. The number of para-hydroxylation sites is 2. The number of benzene rings is 1. The third kappa shape index (κ3) is 0.956. The van der Waals surface area contributed by atoms with Crippen molar-refractivity contribution in [2.45, 2.75) is 0 Å². The lowest BCUT2D eigenvalue weighted by atomic mass is 10.3. The molecule has 0 aliphatic carbocycles. The Morgan fingerprint density at radius 3 is 3.07 bits per heavy atom. The highest BCUT2D eigenvalue weighted by atomic mass is 16.5. The molecule has 3 rings (SSSR count). The second-order valence-corrected chi connectivity index (χ2v) is 3.05. The van der Waals surface area contributed by atoms with Gasteiger partial charge in [0.05, 0.1) is 17.3 Å². The van der Waals surface area contributed by atoms with Crippen LogP contribution in [-0.2, 0) is 4.74 Å². The molecule has 0 saturated carbocycles. The molecule has 1 aliphatic rings. The number of nitrogens with zero attached hydrogens (tertiary/aromatic N) is 2. The molecular formula is C11H8N2O. The normalized spacial score (nSPS) is 13.7. The molecule has 0 atom stereocenters. The number of hydrogen-bond acceptors (Lipinski definition) is 2. The van der Waals surface area contributed by atoms with Crippen LogP contribution in [0.5, 0.6) is 0 Å². The molecule has 1 aliphatic heterocycles. The maximum atomic E-state index is 5.06. The van der Waals surface area contributed by atoms with Gasteiger partial charge in [-0.3, -0.25) is 4.57 Å². The van der Waals surface area contributed by atoms with Gasteiger partial charge in [0.15, 0.2) is 0 Å². The largest absolute Gasteiger partial charge is 0.471 e. The van der Waals surface area contributed by atoms with Gasteiger partial charge in [-0.15, -0.1) is 0 Å². The van der Waals surface area contributed by atoms with Gasteiger partial charge < -0.3 is 4.74 Å². The number of rotatable bonds is 0. The number of hydrogen-bond donors (Lipinski definition) is 0. The fourth-order valence-electron chi connectivity index (χ4n) is 1.58. The summed E-state index contributed by atoms with van der Waals surface area (Å²) in [5.41, 5.74) is 2.09. The topological polar surface area (TPSA) is 27.1 Å². The van der Waals surface area contributed by atoms with Crippen LogP contribution in [0.4, 0.5) is 0 Å². The highest BCUT2D eigenvalue weighted by molar-refractivity contribution is 5.80. The average molecular weight is 184 g/mol. The summed E-state index contributed by atoms with van der Waals surface area (Å²) in [4.78, 5) is 4.46. The third-order valence-corrected chi connectivity index (χ3v) is 2.21. The fourth-order valence-corrected chi connectivity index (χ4v) is 1.58. The van der Waals surface area contributed by atoms with E-state index in [1.807, 2.05) is 41.1 Å². The lowest BCUT2D eigenvalue weighted by Gasteiger charge is -1.95. The van der Waals surface area contributed by atoms with Gasteiger partial charge in [-0.1, -0.05) is 12.1 Å². The molecule has 2 heterocycles. The number of ether oxygens (including phenoxy) is 1. The lowest BCUT2D eigenvalue weighted by molar-refractivity contribution is 0.410. The Hall–Kier alpha value is -2.03. The molecule has 0 bridgehead atoms. The van der Waals surface area contributed by atoms with Crippen LogP contribution < -0.4 is 0 Å². The van der Waals surface area contributed by atoms with Gasteiger partial charge in [-0.25, -0.2) is 4.98 Å². The molecule has 0 unspecified atom stereocenters. The SMILES string of the molecule is C1=Cc2nc3ccccc3n2C=CO1. The van der Waals surface area contributed by atoms with Gasteiger partial charge in [-0.2, -0.15) is 0 Å². The van der Waals surface area contributed by atoms with Crippen molar-refractivity contribution in [3.05, 3.63) is 42.6 Å². The number of fused-ring (bicyclic) bond motifs is 3. The smallest absolute Gasteiger partial charge is 0.141 e. The number of aromatic nitrogens is 2. The molecule has 2 aromatic rings. The highest BCUT2D eigenvalue weighted by Gasteiger charge is 2.06. The van der Waals surface area contributed by atoms with Crippen LogP contribution in [0.25, 0.3) is 23.3 Å². The summed E-state index contributed by atoms with van der Waals surface area (Å²) in [7, 11) is 0. The highest BCUT2D eigenvalue weighted by Crippen LogP contribution is 2.18. The Bertz CT molecular complexity index is 537. The van der Waals surface area contributed by atoms with E-state index in [4.69, 9.17) is 4.74 Å². The predicted octanol–water partition coefficient (Wildman–Crippen LogP) is 2.47. The van der Waals surface area contributed by atoms with Crippen LogP contribution in [-0.4, -0.2) is 9.55 Å². The van der Waals surface area contributed by atoms with Crippen LogP contribution in [0.1, 0.15) is 5.82 Å². The second kappa shape index (κ2) is 2.73. The van der Waals surface area contributed by atoms with E-state index < -0.39 is 0 Å².